The van der Waals surface area contributed by atoms with Gasteiger partial charge in [0.2, 0.25) is 0 Å². The standard InChI is InChI=1S/C19H19NO3/c21-18-17-13-22-19(23-17)16(11-14-7-3-1-4-8-14)20(18)12-15-9-5-2-6-10-15/h1-10,16-17,19H,11-13H2. The van der Waals surface area contributed by atoms with Crippen molar-refractivity contribution in [1.29, 1.82) is 0 Å². The first-order valence-corrected chi connectivity index (χ1v) is 7.96. The van der Waals surface area contributed by atoms with Gasteiger partial charge in [0.05, 0.1) is 12.6 Å². The van der Waals surface area contributed by atoms with Crippen molar-refractivity contribution in [3.05, 3.63) is 71.8 Å². The third kappa shape index (κ3) is 2.87. The predicted octanol–water partition coefficient (Wildman–Crippen LogP) is 2.38. The molecule has 0 N–H and O–H groups in total. The van der Waals surface area contributed by atoms with Crippen molar-refractivity contribution < 1.29 is 14.3 Å². The van der Waals surface area contributed by atoms with Crippen LogP contribution in [0.5, 0.6) is 0 Å². The number of nitrogens with zero attached hydrogens (tertiary/aromatic N) is 1. The maximum Gasteiger partial charge on any atom is 0.254 e. The molecule has 118 valence electrons. The van der Waals surface area contributed by atoms with Crippen LogP contribution in [0.15, 0.2) is 60.7 Å². The van der Waals surface area contributed by atoms with E-state index in [2.05, 4.69) is 12.1 Å². The number of benzene rings is 2. The number of ether oxygens (including phenoxy) is 2. The molecule has 4 rings (SSSR count). The number of fused-ring (bicyclic) bond motifs is 2. The van der Waals surface area contributed by atoms with E-state index >= 15 is 0 Å². The van der Waals surface area contributed by atoms with Crippen molar-refractivity contribution in [1.82, 2.24) is 4.90 Å². The first kappa shape index (κ1) is 14.4. The van der Waals surface area contributed by atoms with Crippen LogP contribution in [0.3, 0.4) is 0 Å². The van der Waals surface area contributed by atoms with Gasteiger partial charge in [-0.25, -0.2) is 0 Å². The SMILES string of the molecule is O=C1C2COC(O2)C(Cc2ccccc2)N1Cc1ccccc1. The minimum absolute atomic E-state index is 0.0311. The van der Waals surface area contributed by atoms with Crippen LogP contribution in [0, 0.1) is 0 Å². The van der Waals surface area contributed by atoms with Crippen LogP contribution in [0.2, 0.25) is 0 Å². The van der Waals surface area contributed by atoms with Gasteiger partial charge in [-0.3, -0.25) is 4.79 Å². The number of morpholine rings is 1. The fraction of sp³-hybridized carbons (Fsp3) is 0.316. The van der Waals surface area contributed by atoms with Gasteiger partial charge in [-0.15, -0.1) is 0 Å². The lowest BCUT2D eigenvalue weighted by Gasteiger charge is -2.38. The first-order valence-electron chi connectivity index (χ1n) is 7.96. The highest BCUT2D eigenvalue weighted by Gasteiger charge is 2.47. The Hall–Kier alpha value is -2.17. The summed E-state index contributed by atoms with van der Waals surface area (Å²) in [6, 6.07) is 20.2. The second kappa shape index (κ2) is 6.14. The maximum atomic E-state index is 12.7. The van der Waals surface area contributed by atoms with Crippen molar-refractivity contribution in [3.8, 4) is 0 Å². The Morgan fingerprint density at radius 1 is 0.957 bits per heavy atom. The van der Waals surface area contributed by atoms with Gasteiger partial charge < -0.3 is 14.4 Å². The number of carbonyl (C=O) groups excluding carboxylic acids is 1. The monoisotopic (exact) mass is 309 g/mol. The molecular formula is C19H19NO3. The van der Waals surface area contributed by atoms with Crippen LogP contribution in [0.1, 0.15) is 11.1 Å². The summed E-state index contributed by atoms with van der Waals surface area (Å²) in [6.07, 6.45) is -0.0473. The Kier molecular flexibility index (Phi) is 3.85. The van der Waals surface area contributed by atoms with Gasteiger partial charge in [-0.2, -0.15) is 0 Å². The molecule has 0 aliphatic carbocycles. The fourth-order valence-corrected chi connectivity index (χ4v) is 3.29. The number of hydrogen-bond donors (Lipinski definition) is 0. The molecule has 2 aromatic rings. The summed E-state index contributed by atoms with van der Waals surface area (Å²) >= 11 is 0. The van der Waals surface area contributed by atoms with Gasteiger partial charge in [0.25, 0.3) is 5.91 Å². The molecule has 2 saturated heterocycles. The van der Waals surface area contributed by atoms with E-state index in [0.29, 0.717) is 13.2 Å². The molecule has 2 aromatic carbocycles. The average molecular weight is 309 g/mol. The van der Waals surface area contributed by atoms with E-state index in [1.807, 2.05) is 53.4 Å². The molecule has 2 heterocycles. The number of rotatable bonds is 4. The van der Waals surface area contributed by atoms with Gasteiger partial charge in [-0.1, -0.05) is 60.7 Å². The topological polar surface area (TPSA) is 38.8 Å². The molecular weight excluding hydrogens is 290 g/mol. The van der Waals surface area contributed by atoms with Crippen molar-refractivity contribution in [3.63, 3.8) is 0 Å². The third-order valence-electron chi connectivity index (χ3n) is 4.47. The summed E-state index contributed by atoms with van der Waals surface area (Å²) in [4.78, 5) is 14.6. The molecule has 4 heteroatoms. The predicted molar refractivity (Wildman–Crippen MR) is 85.5 cm³/mol. The second-order valence-corrected chi connectivity index (χ2v) is 6.04. The molecule has 2 aliphatic rings. The van der Waals surface area contributed by atoms with E-state index in [0.717, 1.165) is 12.0 Å². The van der Waals surface area contributed by atoms with E-state index in [-0.39, 0.29) is 18.2 Å². The molecule has 0 spiro atoms. The van der Waals surface area contributed by atoms with Crippen molar-refractivity contribution in [2.24, 2.45) is 0 Å². The molecule has 2 aliphatic heterocycles. The Morgan fingerprint density at radius 3 is 2.30 bits per heavy atom. The van der Waals surface area contributed by atoms with Crippen molar-refractivity contribution in [2.75, 3.05) is 6.61 Å². The summed E-state index contributed by atoms with van der Waals surface area (Å²) in [5.74, 6) is 0.0311. The summed E-state index contributed by atoms with van der Waals surface area (Å²) < 4.78 is 11.5. The van der Waals surface area contributed by atoms with Gasteiger partial charge in [0, 0.05) is 6.54 Å². The highest BCUT2D eigenvalue weighted by atomic mass is 16.7. The smallest absolute Gasteiger partial charge is 0.254 e. The summed E-state index contributed by atoms with van der Waals surface area (Å²) in [5, 5.41) is 0. The lowest BCUT2D eigenvalue weighted by Crippen LogP contribution is -2.55. The maximum absolute atomic E-state index is 12.7. The van der Waals surface area contributed by atoms with Crippen LogP contribution in [-0.2, 0) is 27.2 Å². The molecule has 0 saturated carbocycles. The van der Waals surface area contributed by atoms with Gasteiger partial charge in [-0.05, 0) is 17.5 Å². The average Bonchev–Trinajstić information content (AvgIpc) is 3.05. The molecule has 3 atom stereocenters. The minimum Gasteiger partial charge on any atom is -0.347 e. The molecule has 0 aromatic heterocycles. The summed E-state index contributed by atoms with van der Waals surface area (Å²) in [6.45, 7) is 0.955. The number of carbonyl (C=O) groups is 1. The molecule has 2 fully saturated rings. The first-order chi connectivity index (χ1) is 11.3. The molecule has 2 bridgehead atoms. The molecule has 4 nitrogen and oxygen atoms in total. The Bertz CT molecular complexity index is 674. The van der Waals surface area contributed by atoms with Crippen molar-refractivity contribution in [2.45, 2.75) is 31.4 Å². The molecule has 3 unspecified atom stereocenters. The lowest BCUT2D eigenvalue weighted by atomic mass is 10.0. The summed E-state index contributed by atoms with van der Waals surface area (Å²) in [5.41, 5.74) is 2.31. The fourth-order valence-electron chi connectivity index (χ4n) is 3.29. The van der Waals surface area contributed by atoms with Crippen LogP contribution < -0.4 is 0 Å². The van der Waals surface area contributed by atoms with Gasteiger partial charge in [0.1, 0.15) is 0 Å². The van der Waals surface area contributed by atoms with E-state index in [1.165, 1.54) is 5.56 Å². The largest absolute Gasteiger partial charge is 0.347 e. The lowest BCUT2D eigenvalue weighted by molar-refractivity contribution is -0.177. The normalized spacial score (nSPS) is 26.5. The van der Waals surface area contributed by atoms with E-state index in [9.17, 15) is 4.79 Å². The number of hydrogen-bond acceptors (Lipinski definition) is 3. The van der Waals surface area contributed by atoms with Crippen LogP contribution in [0.25, 0.3) is 0 Å². The second-order valence-electron chi connectivity index (χ2n) is 6.04. The Labute approximate surface area is 135 Å². The third-order valence-corrected chi connectivity index (χ3v) is 4.47. The van der Waals surface area contributed by atoms with E-state index in [4.69, 9.17) is 9.47 Å². The van der Waals surface area contributed by atoms with Gasteiger partial charge >= 0.3 is 0 Å². The Morgan fingerprint density at radius 2 is 1.61 bits per heavy atom. The van der Waals surface area contributed by atoms with Crippen LogP contribution in [-0.4, -0.2) is 35.8 Å². The minimum atomic E-state index is -0.448. The quantitative estimate of drug-likeness (QED) is 0.870. The Balaban J connectivity index is 1.60. The molecule has 1 amide bonds. The zero-order valence-corrected chi connectivity index (χ0v) is 12.8. The summed E-state index contributed by atoms with van der Waals surface area (Å²) in [7, 11) is 0. The highest BCUT2D eigenvalue weighted by molar-refractivity contribution is 5.82. The van der Waals surface area contributed by atoms with E-state index < -0.39 is 6.10 Å². The van der Waals surface area contributed by atoms with Crippen LogP contribution >= 0.6 is 0 Å². The number of amides is 1. The van der Waals surface area contributed by atoms with Crippen LogP contribution in [0.4, 0.5) is 0 Å². The van der Waals surface area contributed by atoms with Gasteiger partial charge in [0.15, 0.2) is 12.4 Å². The van der Waals surface area contributed by atoms with Crippen molar-refractivity contribution >= 4 is 5.91 Å². The highest BCUT2D eigenvalue weighted by Crippen LogP contribution is 2.30. The zero-order valence-electron chi connectivity index (χ0n) is 12.8. The zero-order chi connectivity index (χ0) is 15.6. The van der Waals surface area contributed by atoms with E-state index in [1.54, 1.807) is 0 Å². The molecule has 0 radical (unpaired) electrons. The molecule has 23 heavy (non-hydrogen) atoms.